The normalized spacial score (nSPS) is 14.3. The van der Waals surface area contributed by atoms with Crippen molar-refractivity contribution in [3.05, 3.63) is 47.2 Å². The molecular weight excluding hydrogens is 334 g/mol. The van der Waals surface area contributed by atoms with Crippen LogP contribution < -0.4 is 5.32 Å². The Kier molecular flexibility index (Phi) is 3.99. The Hall–Kier alpha value is -3.09. The van der Waals surface area contributed by atoms with Crippen molar-refractivity contribution in [3.8, 4) is 0 Å². The molecule has 2 aromatic heterocycles. The minimum Gasteiger partial charge on any atom is -0.478 e. The number of carboxylic acids is 1. The molecule has 4 rings (SSSR count). The molecule has 1 aliphatic carbocycles. The second kappa shape index (κ2) is 6.33. The Labute approximate surface area is 149 Å². The maximum atomic E-state index is 12.4. The lowest BCUT2D eigenvalue weighted by Gasteiger charge is -2.22. The fourth-order valence-corrected chi connectivity index (χ4v) is 3.16. The minimum absolute atomic E-state index is 0.0147. The van der Waals surface area contributed by atoms with Gasteiger partial charge in [0.15, 0.2) is 5.76 Å². The van der Waals surface area contributed by atoms with Crippen molar-refractivity contribution in [3.63, 3.8) is 0 Å². The van der Waals surface area contributed by atoms with Gasteiger partial charge in [0, 0.05) is 24.1 Å². The monoisotopic (exact) mass is 353 g/mol. The van der Waals surface area contributed by atoms with Crippen LogP contribution in [-0.2, 0) is 6.42 Å². The van der Waals surface area contributed by atoms with Gasteiger partial charge in [0.25, 0.3) is 5.91 Å². The lowest BCUT2D eigenvalue weighted by atomic mass is 9.85. The van der Waals surface area contributed by atoms with Crippen molar-refractivity contribution in [1.29, 1.82) is 0 Å². The second-order valence-corrected chi connectivity index (χ2v) is 6.54. The molecule has 0 unspecified atom stereocenters. The van der Waals surface area contributed by atoms with Gasteiger partial charge in [0.2, 0.25) is 0 Å². The molecule has 1 aliphatic rings. The SMILES string of the molecule is CCc1oc(C(=O)Nc2ccc3nc(C4CCC4)[nH]c3c2)cc1C(=O)O. The molecule has 0 spiro atoms. The summed E-state index contributed by atoms with van der Waals surface area (Å²) in [6, 6.07) is 6.71. The molecule has 1 aromatic carbocycles. The molecule has 1 saturated carbocycles. The second-order valence-electron chi connectivity index (χ2n) is 6.54. The Balaban J connectivity index is 1.56. The fourth-order valence-electron chi connectivity index (χ4n) is 3.16. The van der Waals surface area contributed by atoms with Gasteiger partial charge in [-0.25, -0.2) is 9.78 Å². The quantitative estimate of drug-likeness (QED) is 0.644. The van der Waals surface area contributed by atoms with Crippen LogP contribution >= 0.6 is 0 Å². The van der Waals surface area contributed by atoms with Crippen LogP contribution in [0, 0.1) is 0 Å². The first-order valence-corrected chi connectivity index (χ1v) is 8.72. The number of carboxylic acid groups (broad SMARTS) is 1. The summed E-state index contributed by atoms with van der Waals surface area (Å²) >= 11 is 0. The molecule has 7 heteroatoms. The third kappa shape index (κ3) is 2.85. The molecule has 0 radical (unpaired) electrons. The van der Waals surface area contributed by atoms with Crippen LogP contribution in [0.4, 0.5) is 5.69 Å². The van der Waals surface area contributed by atoms with Gasteiger partial charge in [0.05, 0.1) is 11.0 Å². The van der Waals surface area contributed by atoms with Crippen LogP contribution in [0.15, 0.2) is 28.7 Å². The van der Waals surface area contributed by atoms with E-state index >= 15 is 0 Å². The zero-order valence-electron chi connectivity index (χ0n) is 14.3. The van der Waals surface area contributed by atoms with Crippen molar-refractivity contribution < 1.29 is 19.1 Å². The van der Waals surface area contributed by atoms with Crippen LogP contribution in [0.25, 0.3) is 11.0 Å². The Morgan fingerprint density at radius 3 is 2.77 bits per heavy atom. The Morgan fingerprint density at radius 2 is 2.15 bits per heavy atom. The molecule has 2 heterocycles. The van der Waals surface area contributed by atoms with E-state index < -0.39 is 11.9 Å². The van der Waals surface area contributed by atoms with Crippen molar-refractivity contribution >= 4 is 28.6 Å². The third-order valence-corrected chi connectivity index (χ3v) is 4.83. The highest BCUT2D eigenvalue weighted by Gasteiger charge is 2.23. The number of nitrogens with zero attached hydrogens (tertiary/aromatic N) is 1. The van der Waals surface area contributed by atoms with E-state index in [1.165, 1.54) is 12.5 Å². The fraction of sp³-hybridized carbons (Fsp3) is 0.316. The first-order valence-electron chi connectivity index (χ1n) is 8.72. The number of benzene rings is 1. The number of aromatic amines is 1. The average molecular weight is 353 g/mol. The molecule has 0 atom stereocenters. The summed E-state index contributed by atoms with van der Waals surface area (Å²) < 4.78 is 5.39. The lowest BCUT2D eigenvalue weighted by molar-refractivity contribution is 0.0694. The number of hydrogen-bond acceptors (Lipinski definition) is 4. The maximum absolute atomic E-state index is 12.4. The summed E-state index contributed by atoms with van der Waals surface area (Å²) in [7, 11) is 0. The van der Waals surface area contributed by atoms with Gasteiger partial charge in [-0.2, -0.15) is 0 Å². The topological polar surface area (TPSA) is 108 Å². The number of H-pyrrole nitrogens is 1. The van der Waals surface area contributed by atoms with E-state index in [2.05, 4.69) is 15.3 Å². The summed E-state index contributed by atoms with van der Waals surface area (Å²) in [5, 5.41) is 11.9. The first kappa shape index (κ1) is 16.4. The van der Waals surface area contributed by atoms with E-state index in [4.69, 9.17) is 9.52 Å². The van der Waals surface area contributed by atoms with E-state index in [-0.39, 0.29) is 17.1 Å². The summed E-state index contributed by atoms with van der Waals surface area (Å²) in [4.78, 5) is 31.5. The molecule has 3 aromatic rings. The van der Waals surface area contributed by atoms with E-state index in [9.17, 15) is 9.59 Å². The van der Waals surface area contributed by atoms with Crippen LogP contribution in [0.1, 0.15) is 64.6 Å². The van der Waals surface area contributed by atoms with Gasteiger partial charge >= 0.3 is 5.97 Å². The zero-order chi connectivity index (χ0) is 18.3. The molecule has 3 N–H and O–H groups in total. The van der Waals surface area contributed by atoms with Gasteiger partial charge in [-0.3, -0.25) is 4.79 Å². The molecule has 0 bridgehead atoms. The lowest BCUT2D eigenvalue weighted by Crippen LogP contribution is -2.11. The Morgan fingerprint density at radius 1 is 1.35 bits per heavy atom. The molecule has 1 amide bonds. The van der Waals surface area contributed by atoms with Crippen molar-refractivity contribution in [2.75, 3.05) is 5.32 Å². The van der Waals surface area contributed by atoms with Gasteiger partial charge in [-0.1, -0.05) is 13.3 Å². The molecule has 7 nitrogen and oxygen atoms in total. The molecular formula is C19H19N3O4. The number of hydrogen-bond donors (Lipinski definition) is 3. The summed E-state index contributed by atoms with van der Waals surface area (Å²) in [5.41, 5.74) is 2.35. The number of carbonyl (C=O) groups is 2. The van der Waals surface area contributed by atoms with Crippen LogP contribution in [-0.4, -0.2) is 27.0 Å². The van der Waals surface area contributed by atoms with Gasteiger partial charge < -0.3 is 19.8 Å². The van der Waals surface area contributed by atoms with Crippen molar-refractivity contribution in [2.45, 2.75) is 38.5 Å². The van der Waals surface area contributed by atoms with Gasteiger partial charge in [0.1, 0.15) is 17.1 Å². The number of carbonyl (C=O) groups excluding carboxylic acids is 1. The number of furan rings is 1. The summed E-state index contributed by atoms with van der Waals surface area (Å²) in [5.74, 6) is 0.193. The number of fused-ring (bicyclic) bond motifs is 1. The highest BCUT2D eigenvalue weighted by molar-refractivity contribution is 6.04. The van der Waals surface area contributed by atoms with Crippen LogP contribution in [0.5, 0.6) is 0 Å². The van der Waals surface area contributed by atoms with Crippen LogP contribution in [0.3, 0.4) is 0 Å². The Bertz CT molecular complexity index is 998. The number of amides is 1. The molecule has 134 valence electrons. The van der Waals surface area contributed by atoms with Crippen LogP contribution in [0.2, 0.25) is 0 Å². The maximum Gasteiger partial charge on any atom is 0.339 e. The molecule has 1 fully saturated rings. The summed E-state index contributed by atoms with van der Waals surface area (Å²) in [6.07, 6.45) is 3.96. The van der Waals surface area contributed by atoms with Crippen molar-refractivity contribution in [1.82, 2.24) is 9.97 Å². The minimum atomic E-state index is -1.10. The zero-order valence-corrected chi connectivity index (χ0v) is 14.3. The number of imidazole rings is 1. The van der Waals surface area contributed by atoms with Gasteiger partial charge in [-0.15, -0.1) is 0 Å². The van der Waals surface area contributed by atoms with E-state index in [0.29, 0.717) is 18.0 Å². The van der Waals surface area contributed by atoms with Gasteiger partial charge in [-0.05, 0) is 31.0 Å². The van der Waals surface area contributed by atoms with E-state index in [0.717, 1.165) is 29.7 Å². The molecule has 26 heavy (non-hydrogen) atoms. The highest BCUT2D eigenvalue weighted by atomic mass is 16.4. The third-order valence-electron chi connectivity index (χ3n) is 4.83. The predicted molar refractivity (Wildman–Crippen MR) is 95.7 cm³/mol. The average Bonchev–Trinajstić information content (AvgIpc) is 3.16. The largest absolute Gasteiger partial charge is 0.478 e. The number of aryl methyl sites for hydroxylation is 1. The van der Waals surface area contributed by atoms with E-state index in [1.807, 2.05) is 12.1 Å². The van der Waals surface area contributed by atoms with E-state index in [1.54, 1.807) is 13.0 Å². The number of rotatable bonds is 5. The number of aromatic carboxylic acids is 1. The van der Waals surface area contributed by atoms with Crippen molar-refractivity contribution in [2.24, 2.45) is 0 Å². The number of aromatic nitrogens is 2. The predicted octanol–water partition coefficient (Wildman–Crippen LogP) is 3.94. The smallest absolute Gasteiger partial charge is 0.339 e. The molecule has 0 aliphatic heterocycles. The molecule has 0 saturated heterocycles. The first-order chi connectivity index (χ1) is 12.5. The number of anilines is 1. The standard InChI is InChI=1S/C19H19N3O4/c1-2-15-12(19(24)25)9-16(26-15)18(23)20-11-6-7-13-14(8-11)22-17(21-13)10-4-3-5-10/h6-10H,2-5H2,1H3,(H,20,23)(H,21,22)(H,24,25). The number of nitrogens with one attached hydrogen (secondary N) is 2. The summed E-state index contributed by atoms with van der Waals surface area (Å²) in [6.45, 7) is 1.78. The highest BCUT2D eigenvalue weighted by Crippen LogP contribution is 2.35.